The predicted octanol–water partition coefficient (Wildman–Crippen LogP) is 5.24. The molecule has 2 aliphatic rings. The van der Waals surface area contributed by atoms with Crippen molar-refractivity contribution in [1.29, 1.82) is 5.26 Å². The van der Waals surface area contributed by atoms with Crippen LogP contribution in [0.5, 0.6) is 0 Å². The summed E-state index contributed by atoms with van der Waals surface area (Å²) < 4.78 is 15.4. The fraction of sp³-hybridized carbons (Fsp3) is 0.333. The third kappa shape index (κ3) is 5.09. The highest BCUT2D eigenvalue weighted by molar-refractivity contribution is 6.36. The van der Waals surface area contributed by atoms with Gasteiger partial charge in [-0.1, -0.05) is 50.0 Å². The number of hydrazine groups is 2. The van der Waals surface area contributed by atoms with Gasteiger partial charge in [-0.2, -0.15) is 5.26 Å². The van der Waals surface area contributed by atoms with Gasteiger partial charge in [0.1, 0.15) is 19.7 Å². The minimum absolute atomic E-state index is 0.0246. The molecule has 1 saturated carbocycles. The molecule has 1 aromatic heterocycles. The number of hydrogen-bond acceptors (Lipinski definition) is 7. The Bertz CT molecular complexity index is 1460. The summed E-state index contributed by atoms with van der Waals surface area (Å²) in [6, 6.07) is 10.9. The molecule has 1 atom stereocenters. The van der Waals surface area contributed by atoms with Crippen LogP contribution in [-0.4, -0.2) is 30.4 Å². The summed E-state index contributed by atoms with van der Waals surface area (Å²) in [6.45, 7) is 6.97. The summed E-state index contributed by atoms with van der Waals surface area (Å²) in [5.74, 6) is -0.437. The van der Waals surface area contributed by atoms with E-state index in [1.165, 1.54) is 12.3 Å². The van der Waals surface area contributed by atoms with Crippen LogP contribution in [0, 0.1) is 22.6 Å². The number of nitrogens with one attached hydrogen (secondary N) is 4. The van der Waals surface area contributed by atoms with Crippen molar-refractivity contribution in [2.24, 2.45) is 5.41 Å². The molecule has 1 unspecified atom stereocenters. The van der Waals surface area contributed by atoms with Gasteiger partial charge in [0.05, 0.1) is 32.9 Å². The summed E-state index contributed by atoms with van der Waals surface area (Å²) in [6.07, 6.45) is 5.65. The SMILES string of the molecule is BC(Nc1cc(Cl)c2ncc(C#N)c(NCC(C)(C)C)c2c1)(C1=CN(C2CC2)NN1)c1c(F)cccc1Cl. The Morgan fingerprint density at radius 3 is 2.66 bits per heavy atom. The van der Waals surface area contributed by atoms with Crippen LogP contribution in [0.25, 0.3) is 10.9 Å². The average molecular weight is 552 g/mol. The lowest BCUT2D eigenvalue weighted by atomic mass is 9.69. The molecule has 0 saturated heterocycles. The molecule has 38 heavy (non-hydrogen) atoms. The molecular weight excluding hydrogens is 523 g/mol. The lowest BCUT2D eigenvalue weighted by Gasteiger charge is -2.35. The smallest absolute Gasteiger partial charge is 0.148 e. The van der Waals surface area contributed by atoms with Crippen LogP contribution in [0.15, 0.2) is 48.4 Å². The number of anilines is 2. The molecule has 5 rings (SSSR count). The summed E-state index contributed by atoms with van der Waals surface area (Å²) in [5, 5.41) is 20.1. The molecule has 196 valence electrons. The molecule has 1 aliphatic heterocycles. The van der Waals surface area contributed by atoms with Crippen molar-refractivity contribution in [2.45, 2.75) is 45.1 Å². The summed E-state index contributed by atoms with van der Waals surface area (Å²) in [7, 11) is 1.87. The first-order chi connectivity index (χ1) is 18.0. The van der Waals surface area contributed by atoms with Crippen molar-refractivity contribution in [3.63, 3.8) is 0 Å². The molecule has 1 aliphatic carbocycles. The van der Waals surface area contributed by atoms with Gasteiger partial charge in [-0.25, -0.2) is 4.39 Å². The van der Waals surface area contributed by atoms with Crippen LogP contribution in [0.4, 0.5) is 15.8 Å². The second-order valence-corrected chi connectivity index (χ2v) is 12.0. The Kier molecular flexibility index (Phi) is 6.85. The number of aromatic nitrogens is 1. The van der Waals surface area contributed by atoms with E-state index in [-0.39, 0.29) is 5.41 Å². The van der Waals surface area contributed by atoms with Gasteiger partial charge >= 0.3 is 0 Å². The number of nitrogens with zero attached hydrogens (tertiary/aromatic N) is 3. The van der Waals surface area contributed by atoms with Crippen molar-refractivity contribution in [3.05, 3.63) is 75.4 Å². The maximum Gasteiger partial charge on any atom is 0.148 e. The van der Waals surface area contributed by atoms with Gasteiger partial charge in [-0.15, -0.1) is 5.53 Å². The normalized spacial score (nSPS) is 17.0. The van der Waals surface area contributed by atoms with Crippen molar-refractivity contribution >= 4 is 53.3 Å². The highest BCUT2D eigenvalue weighted by Crippen LogP contribution is 2.40. The van der Waals surface area contributed by atoms with E-state index in [1.807, 2.05) is 25.1 Å². The Morgan fingerprint density at radius 2 is 2.00 bits per heavy atom. The lowest BCUT2D eigenvalue weighted by Crippen LogP contribution is -2.46. The predicted molar refractivity (Wildman–Crippen MR) is 154 cm³/mol. The molecule has 7 nitrogen and oxygen atoms in total. The Hall–Kier alpha value is -3.19. The number of hydrogen-bond donors (Lipinski definition) is 4. The molecule has 1 fully saturated rings. The van der Waals surface area contributed by atoms with Gasteiger partial charge in [-0.3, -0.25) is 9.99 Å². The molecule has 4 N–H and O–H groups in total. The number of benzene rings is 2. The van der Waals surface area contributed by atoms with E-state index in [4.69, 9.17) is 23.2 Å². The first-order valence-electron chi connectivity index (χ1n) is 12.5. The Balaban J connectivity index is 1.64. The van der Waals surface area contributed by atoms with Crippen LogP contribution < -0.4 is 21.6 Å². The lowest BCUT2D eigenvalue weighted by molar-refractivity contribution is 0.260. The van der Waals surface area contributed by atoms with E-state index in [0.717, 1.165) is 12.8 Å². The maximum absolute atomic E-state index is 15.4. The number of fused-ring (bicyclic) bond motifs is 1. The first-order valence-corrected chi connectivity index (χ1v) is 13.3. The van der Waals surface area contributed by atoms with Gasteiger partial charge in [-0.05, 0) is 42.5 Å². The van der Waals surface area contributed by atoms with E-state index in [0.29, 0.717) is 61.7 Å². The minimum Gasteiger partial charge on any atom is -0.383 e. The zero-order valence-corrected chi connectivity index (χ0v) is 23.2. The van der Waals surface area contributed by atoms with Gasteiger partial charge in [0.15, 0.2) is 0 Å². The van der Waals surface area contributed by atoms with Gasteiger partial charge in [0, 0.05) is 46.6 Å². The highest BCUT2D eigenvalue weighted by atomic mass is 35.5. The number of rotatable bonds is 7. The van der Waals surface area contributed by atoms with Crippen molar-refractivity contribution in [2.75, 3.05) is 17.2 Å². The average Bonchev–Trinajstić information content (AvgIpc) is 3.57. The van der Waals surface area contributed by atoms with E-state index in [9.17, 15) is 5.26 Å². The molecule has 2 aromatic carbocycles. The van der Waals surface area contributed by atoms with Gasteiger partial charge < -0.3 is 16.1 Å². The summed E-state index contributed by atoms with van der Waals surface area (Å²) >= 11 is 13.3. The molecule has 0 radical (unpaired) electrons. The van der Waals surface area contributed by atoms with E-state index >= 15 is 4.39 Å². The van der Waals surface area contributed by atoms with E-state index < -0.39 is 11.3 Å². The van der Waals surface area contributed by atoms with E-state index in [1.54, 1.807) is 18.2 Å². The van der Waals surface area contributed by atoms with Crippen LogP contribution in [-0.2, 0) is 5.44 Å². The first kappa shape index (κ1) is 26.4. The van der Waals surface area contributed by atoms with Crippen LogP contribution >= 0.6 is 23.2 Å². The molecule has 2 heterocycles. The van der Waals surface area contributed by atoms with Crippen LogP contribution in [0.3, 0.4) is 0 Å². The summed E-state index contributed by atoms with van der Waals surface area (Å²) in [5.41, 5.74) is 8.50. The fourth-order valence-electron chi connectivity index (χ4n) is 4.62. The zero-order valence-electron chi connectivity index (χ0n) is 21.7. The van der Waals surface area contributed by atoms with Gasteiger partial charge in [0.25, 0.3) is 0 Å². The van der Waals surface area contributed by atoms with Crippen LogP contribution in [0.2, 0.25) is 10.0 Å². The largest absolute Gasteiger partial charge is 0.383 e. The van der Waals surface area contributed by atoms with Crippen LogP contribution in [0.1, 0.15) is 44.7 Å². The standard InChI is InChI=1S/C27H29BCl2FN7/c1-26(2,3)14-34-24-15(11-32)12-33-25-18(24)9-16(10-20(25)30)35-27(28,23-19(29)5-4-6-21(23)31)22-13-38(37-36-22)17-7-8-17/h4-6,9-10,12-13,17,35-37H,7-8,14,28H2,1-3H3,(H,33,34). The number of halogens is 3. The minimum atomic E-state index is -1.10. The molecule has 3 aromatic rings. The Morgan fingerprint density at radius 1 is 1.24 bits per heavy atom. The Labute approximate surface area is 232 Å². The van der Waals surface area contributed by atoms with Crippen molar-refractivity contribution in [3.8, 4) is 6.07 Å². The number of pyridine rings is 1. The molecule has 11 heteroatoms. The molecule has 0 bridgehead atoms. The van der Waals surface area contributed by atoms with E-state index in [2.05, 4.69) is 53.4 Å². The summed E-state index contributed by atoms with van der Waals surface area (Å²) in [4.78, 5) is 4.45. The quantitative estimate of drug-likeness (QED) is 0.299. The molecule has 0 amide bonds. The number of nitriles is 1. The monoisotopic (exact) mass is 551 g/mol. The molecular formula is C27H29BCl2FN7. The fourth-order valence-corrected chi connectivity index (χ4v) is 5.24. The second kappa shape index (κ2) is 9.85. The topological polar surface area (TPSA) is 88.0 Å². The van der Waals surface area contributed by atoms with Crippen molar-refractivity contribution in [1.82, 2.24) is 21.0 Å². The third-order valence-electron chi connectivity index (χ3n) is 6.76. The maximum atomic E-state index is 15.4. The second-order valence-electron chi connectivity index (χ2n) is 11.2. The van der Waals surface area contributed by atoms with Crippen molar-refractivity contribution < 1.29 is 4.39 Å². The zero-order chi connectivity index (χ0) is 27.2. The third-order valence-corrected chi connectivity index (χ3v) is 7.37. The molecule has 0 spiro atoms. The van der Waals surface area contributed by atoms with Gasteiger partial charge in [0.2, 0.25) is 0 Å². The highest BCUT2D eigenvalue weighted by Gasteiger charge is 2.40.